The van der Waals surface area contributed by atoms with E-state index >= 15 is 0 Å². The van der Waals surface area contributed by atoms with E-state index in [2.05, 4.69) is 179 Å². The van der Waals surface area contributed by atoms with E-state index in [1.54, 1.807) is 0 Å². The summed E-state index contributed by atoms with van der Waals surface area (Å²) in [6.07, 6.45) is 0. The number of hydrogen-bond acceptors (Lipinski definition) is 2. The number of rotatable bonds is 5. The smallest absolute Gasteiger partial charge is 0.136 e. The molecular formula is C46H30N2O. The number of hydrogen-bond donors (Lipinski definition) is 0. The second-order valence-corrected chi connectivity index (χ2v) is 12.5. The number of furan rings is 1. The van der Waals surface area contributed by atoms with Gasteiger partial charge in [-0.15, -0.1) is 0 Å². The van der Waals surface area contributed by atoms with Gasteiger partial charge in [-0.2, -0.15) is 0 Å². The third kappa shape index (κ3) is 4.37. The summed E-state index contributed by atoms with van der Waals surface area (Å²) in [5, 5.41) is 7.20. The maximum absolute atomic E-state index is 6.22. The van der Waals surface area contributed by atoms with Crippen LogP contribution in [0.1, 0.15) is 0 Å². The van der Waals surface area contributed by atoms with Gasteiger partial charge in [0.05, 0.1) is 16.7 Å². The van der Waals surface area contributed by atoms with E-state index in [4.69, 9.17) is 4.42 Å². The first-order valence-corrected chi connectivity index (χ1v) is 16.7. The number of fused-ring (bicyclic) bond motifs is 7. The molecule has 0 N–H and O–H groups in total. The molecule has 0 aliphatic heterocycles. The highest BCUT2D eigenvalue weighted by atomic mass is 16.3. The summed E-state index contributed by atoms with van der Waals surface area (Å²) in [5.74, 6) is 0. The summed E-state index contributed by atoms with van der Waals surface area (Å²) in [5.41, 5.74) is 11.0. The van der Waals surface area contributed by atoms with Crippen molar-refractivity contribution in [3.05, 3.63) is 182 Å². The van der Waals surface area contributed by atoms with Crippen molar-refractivity contribution in [2.24, 2.45) is 0 Å². The largest absolute Gasteiger partial charge is 0.456 e. The van der Waals surface area contributed by atoms with E-state index in [9.17, 15) is 0 Å². The summed E-state index contributed by atoms with van der Waals surface area (Å²) in [7, 11) is 0. The van der Waals surface area contributed by atoms with E-state index in [1.807, 2.05) is 12.1 Å². The van der Waals surface area contributed by atoms with E-state index in [-0.39, 0.29) is 0 Å². The van der Waals surface area contributed by atoms with Gasteiger partial charge in [0, 0.05) is 44.0 Å². The van der Waals surface area contributed by atoms with E-state index < -0.39 is 0 Å². The second-order valence-electron chi connectivity index (χ2n) is 12.5. The Bertz CT molecular complexity index is 2780. The lowest BCUT2D eigenvalue weighted by Gasteiger charge is -2.27. The van der Waals surface area contributed by atoms with Crippen molar-refractivity contribution in [1.29, 1.82) is 0 Å². The third-order valence-corrected chi connectivity index (χ3v) is 9.77. The first-order valence-electron chi connectivity index (χ1n) is 16.7. The zero-order valence-corrected chi connectivity index (χ0v) is 26.6. The molecule has 10 rings (SSSR count). The second kappa shape index (κ2) is 11.0. The van der Waals surface area contributed by atoms with Crippen LogP contribution < -0.4 is 4.90 Å². The standard InChI is InChI=1S/C46H30N2O/c1-2-16-36-31(12-1)13-9-23-41(36)47(33-28-26-32(27-29-33)37-20-11-25-45-46(37)40-19-5-8-24-44(40)49-45)34-14-10-15-35(30-34)48-42-21-6-3-17-38(42)39-18-4-7-22-43(39)48/h1-30H. The van der Waals surface area contributed by atoms with Crippen LogP contribution in [0.25, 0.3) is 71.3 Å². The Morgan fingerprint density at radius 1 is 0.429 bits per heavy atom. The average molecular weight is 627 g/mol. The lowest BCUT2D eigenvalue weighted by atomic mass is 9.99. The highest BCUT2D eigenvalue weighted by Crippen LogP contribution is 2.42. The first kappa shape index (κ1) is 27.5. The number of nitrogens with zero attached hydrogens (tertiary/aromatic N) is 2. The maximum atomic E-state index is 6.22. The Hall–Kier alpha value is -6.58. The van der Waals surface area contributed by atoms with E-state index in [0.717, 1.165) is 50.3 Å². The van der Waals surface area contributed by atoms with Crippen LogP contribution in [-0.4, -0.2) is 4.57 Å². The molecule has 230 valence electrons. The molecule has 0 unspecified atom stereocenters. The highest BCUT2D eigenvalue weighted by molar-refractivity contribution is 6.12. The molecule has 0 bridgehead atoms. The van der Waals surface area contributed by atoms with Crippen molar-refractivity contribution < 1.29 is 4.42 Å². The van der Waals surface area contributed by atoms with Gasteiger partial charge in [0.25, 0.3) is 0 Å². The fraction of sp³-hybridized carbons (Fsp3) is 0. The normalized spacial score (nSPS) is 11.7. The minimum Gasteiger partial charge on any atom is -0.456 e. The van der Waals surface area contributed by atoms with Crippen molar-refractivity contribution >= 4 is 71.6 Å². The van der Waals surface area contributed by atoms with Crippen molar-refractivity contribution in [1.82, 2.24) is 4.57 Å². The lowest BCUT2D eigenvalue weighted by molar-refractivity contribution is 0.669. The molecule has 0 saturated carbocycles. The molecule has 2 heterocycles. The Labute approximate surface area is 283 Å². The molecule has 0 atom stereocenters. The van der Waals surface area contributed by atoms with Gasteiger partial charge in [-0.05, 0) is 77.2 Å². The molecule has 8 aromatic carbocycles. The Balaban J connectivity index is 1.16. The van der Waals surface area contributed by atoms with E-state index in [0.29, 0.717) is 0 Å². The zero-order chi connectivity index (χ0) is 32.3. The molecular weight excluding hydrogens is 597 g/mol. The summed E-state index contributed by atoms with van der Waals surface area (Å²) >= 11 is 0. The van der Waals surface area contributed by atoms with Crippen LogP contribution in [0.2, 0.25) is 0 Å². The van der Waals surface area contributed by atoms with E-state index in [1.165, 1.54) is 38.1 Å². The quantitative estimate of drug-likeness (QED) is 0.190. The molecule has 0 fully saturated rings. The average Bonchev–Trinajstić information content (AvgIpc) is 3.72. The molecule has 0 aliphatic carbocycles. The van der Waals surface area contributed by atoms with Gasteiger partial charge in [-0.25, -0.2) is 0 Å². The summed E-state index contributed by atoms with van der Waals surface area (Å²) in [6.45, 7) is 0. The Kier molecular flexibility index (Phi) is 6.18. The van der Waals surface area contributed by atoms with Gasteiger partial charge in [0.1, 0.15) is 11.2 Å². The molecule has 0 saturated heterocycles. The molecule has 0 radical (unpaired) electrons. The number of para-hydroxylation sites is 3. The van der Waals surface area contributed by atoms with Crippen LogP contribution in [0.5, 0.6) is 0 Å². The molecule has 49 heavy (non-hydrogen) atoms. The van der Waals surface area contributed by atoms with Crippen LogP contribution in [-0.2, 0) is 0 Å². The third-order valence-electron chi connectivity index (χ3n) is 9.77. The number of benzene rings is 8. The fourth-order valence-electron chi connectivity index (χ4n) is 7.61. The van der Waals surface area contributed by atoms with Crippen LogP contribution in [0.4, 0.5) is 17.1 Å². The van der Waals surface area contributed by atoms with Gasteiger partial charge < -0.3 is 13.9 Å². The van der Waals surface area contributed by atoms with Crippen molar-refractivity contribution in [3.8, 4) is 16.8 Å². The summed E-state index contributed by atoms with van der Waals surface area (Å²) in [6, 6.07) is 65.0. The zero-order valence-electron chi connectivity index (χ0n) is 26.6. The SMILES string of the molecule is c1cc(N(c2ccc(-c3cccc4oc5ccccc5c34)cc2)c2cccc3ccccc23)cc(-n2c3ccccc3c3ccccc32)c1. The molecule has 3 heteroatoms. The topological polar surface area (TPSA) is 21.3 Å². The minimum absolute atomic E-state index is 0.905. The summed E-state index contributed by atoms with van der Waals surface area (Å²) in [4.78, 5) is 2.39. The summed E-state index contributed by atoms with van der Waals surface area (Å²) < 4.78 is 8.60. The van der Waals surface area contributed by atoms with Gasteiger partial charge >= 0.3 is 0 Å². The van der Waals surface area contributed by atoms with Crippen LogP contribution in [0.15, 0.2) is 186 Å². The van der Waals surface area contributed by atoms with Crippen LogP contribution >= 0.6 is 0 Å². The number of anilines is 3. The molecule has 3 nitrogen and oxygen atoms in total. The van der Waals surface area contributed by atoms with Gasteiger partial charge in [-0.3, -0.25) is 0 Å². The number of aromatic nitrogens is 1. The minimum atomic E-state index is 0.905. The monoisotopic (exact) mass is 626 g/mol. The van der Waals surface area contributed by atoms with Gasteiger partial charge in [0.15, 0.2) is 0 Å². The molecule has 0 spiro atoms. The molecule has 2 aromatic heterocycles. The molecule has 10 aromatic rings. The predicted octanol–water partition coefficient (Wildman–Crippen LogP) is 13.0. The lowest BCUT2D eigenvalue weighted by Crippen LogP contribution is -2.11. The highest BCUT2D eigenvalue weighted by Gasteiger charge is 2.19. The Morgan fingerprint density at radius 3 is 1.84 bits per heavy atom. The van der Waals surface area contributed by atoms with Crippen molar-refractivity contribution in [2.45, 2.75) is 0 Å². The van der Waals surface area contributed by atoms with Crippen molar-refractivity contribution in [3.63, 3.8) is 0 Å². The van der Waals surface area contributed by atoms with Gasteiger partial charge in [-0.1, -0.05) is 121 Å². The van der Waals surface area contributed by atoms with Gasteiger partial charge in [0.2, 0.25) is 0 Å². The molecule has 0 amide bonds. The van der Waals surface area contributed by atoms with Crippen LogP contribution in [0, 0.1) is 0 Å². The first-order chi connectivity index (χ1) is 24.3. The maximum Gasteiger partial charge on any atom is 0.136 e. The fourth-order valence-corrected chi connectivity index (χ4v) is 7.61. The van der Waals surface area contributed by atoms with Crippen LogP contribution in [0.3, 0.4) is 0 Å². The van der Waals surface area contributed by atoms with Crippen molar-refractivity contribution in [2.75, 3.05) is 4.90 Å². The molecule has 0 aliphatic rings. The Morgan fingerprint density at radius 2 is 1.04 bits per heavy atom. The predicted molar refractivity (Wildman–Crippen MR) is 206 cm³/mol.